The van der Waals surface area contributed by atoms with Crippen molar-refractivity contribution in [2.45, 2.75) is 25.7 Å². The minimum atomic E-state index is 0.819. The fourth-order valence-electron chi connectivity index (χ4n) is 2.05. The molecule has 0 saturated carbocycles. The Balaban J connectivity index is 1.59. The van der Waals surface area contributed by atoms with E-state index in [0.29, 0.717) is 0 Å². The van der Waals surface area contributed by atoms with Crippen LogP contribution in [0.3, 0.4) is 0 Å². The van der Waals surface area contributed by atoms with Crippen LogP contribution in [0.5, 0.6) is 0 Å². The lowest BCUT2D eigenvalue weighted by Gasteiger charge is -2.17. The molecule has 0 amide bonds. The molecular formula is C13H18BrNO. The van der Waals surface area contributed by atoms with Crippen LogP contribution in [0.2, 0.25) is 0 Å². The first-order valence-corrected chi connectivity index (χ1v) is 6.74. The number of halogens is 1. The predicted octanol–water partition coefficient (Wildman–Crippen LogP) is 3.53. The summed E-state index contributed by atoms with van der Waals surface area (Å²) in [7, 11) is 0. The zero-order valence-corrected chi connectivity index (χ0v) is 11.0. The average Bonchev–Trinajstić information content (AvgIpc) is 2.72. The van der Waals surface area contributed by atoms with Crippen molar-refractivity contribution in [2.75, 3.05) is 13.1 Å². The SMILES string of the molecule is Brc1ccc(CCNCC2CC=CCC2)o1. The molecule has 0 saturated heterocycles. The van der Waals surface area contributed by atoms with E-state index in [4.69, 9.17) is 4.42 Å². The zero-order chi connectivity index (χ0) is 11.2. The van der Waals surface area contributed by atoms with Gasteiger partial charge < -0.3 is 9.73 Å². The fraction of sp³-hybridized carbons (Fsp3) is 0.538. The topological polar surface area (TPSA) is 25.2 Å². The molecule has 0 radical (unpaired) electrons. The molecule has 0 bridgehead atoms. The summed E-state index contributed by atoms with van der Waals surface area (Å²) < 4.78 is 6.26. The van der Waals surface area contributed by atoms with Gasteiger partial charge in [-0.15, -0.1) is 0 Å². The highest BCUT2D eigenvalue weighted by Crippen LogP contribution is 2.17. The van der Waals surface area contributed by atoms with Gasteiger partial charge in [-0.1, -0.05) is 12.2 Å². The van der Waals surface area contributed by atoms with Crippen LogP contribution < -0.4 is 5.32 Å². The first-order valence-electron chi connectivity index (χ1n) is 5.94. The van der Waals surface area contributed by atoms with Crippen molar-refractivity contribution in [1.82, 2.24) is 5.32 Å². The normalized spacial score (nSPS) is 20.2. The standard InChI is InChI=1S/C13H18BrNO/c14-13-7-6-12(16-13)8-9-15-10-11-4-2-1-3-5-11/h1-2,6-7,11,15H,3-5,8-10H2. The van der Waals surface area contributed by atoms with E-state index in [2.05, 4.69) is 33.4 Å². The van der Waals surface area contributed by atoms with Crippen LogP contribution in [0.4, 0.5) is 0 Å². The average molecular weight is 284 g/mol. The smallest absolute Gasteiger partial charge is 0.169 e. The van der Waals surface area contributed by atoms with Gasteiger partial charge in [-0.3, -0.25) is 0 Å². The molecule has 1 aromatic heterocycles. The van der Waals surface area contributed by atoms with Gasteiger partial charge in [0, 0.05) is 13.0 Å². The highest BCUT2D eigenvalue weighted by Gasteiger charge is 2.08. The van der Waals surface area contributed by atoms with Crippen LogP contribution in [0.15, 0.2) is 33.4 Å². The van der Waals surface area contributed by atoms with Crippen molar-refractivity contribution in [3.63, 3.8) is 0 Å². The van der Waals surface area contributed by atoms with Gasteiger partial charge in [0.1, 0.15) is 5.76 Å². The van der Waals surface area contributed by atoms with Gasteiger partial charge in [0.2, 0.25) is 0 Å². The molecule has 2 nitrogen and oxygen atoms in total. The van der Waals surface area contributed by atoms with Crippen molar-refractivity contribution < 1.29 is 4.42 Å². The van der Waals surface area contributed by atoms with Crippen molar-refractivity contribution in [1.29, 1.82) is 0 Å². The Kier molecular flexibility index (Phi) is 4.67. The largest absolute Gasteiger partial charge is 0.454 e. The lowest BCUT2D eigenvalue weighted by atomic mass is 9.94. The van der Waals surface area contributed by atoms with Gasteiger partial charge in [-0.2, -0.15) is 0 Å². The second-order valence-corrected chi connectivity index (χ2v) is 5.09. The molecule has 1 atom stereocenters. The highest BCUT2D eigenvalue weighted by atomic mass is 79.9. The highest BCUT2D eigenvalue weighted by molar-refractivity contribution is 9.10. The minimum absolute atomic E-state index is 0.819. The van der Waals surface area contributed by atoms with Crippen molar-refractivity contribution >= 4 is 15.9 Å². The summed E-state index contributed by atoms with van der Waals surface area (Å²) in [4.78, 5) is 0. The van der Waals surface area contributed by atoms with Crippen LogP contribution in [-0.4, -0.2) is 13.1 Å². The van der Waals surface area contributed by atoms with E-state index >= 15 is 0 Å². The maximum Gasteiger partial charge on any atom is 0.169 e. The first kappa shape index (κ1) is 11.9. The Labute approximate surface area is 105 Å². The molecule has 1 unspecified atom stereocenters. The number of furan rings is 1. The lowest BCUT2D eigenvalue weighted by Crippen LogP contribution is -2.25. The maximum atomic E-state index is 5.44. The summed E-state index contributed by atoms with van der Waals surface area (Å²) in [6.45, 7) is 2.13. The Hall–Kier alpha value is -0.540. The summed E-state index contributed by atoms with van der Waals surface area (Å²) in [6.07, 6.45) is 9.37. The zero-order valence-electron chi connectivity index (χ0n) is 9.42. The second-order valence-electron chi connectivity index (χ2n) is 4.31. The van der Waals surface area contributed by atoms with Crippen LogP contribution >= 0.6 is 15.9 Å². The van der Waals surface area contributed by atoms with Gasteiger partial charge >= 0.3 is 0 Å². The van der Waals surface area contributed by atoms with E-state index in [-0.39, 0.29) is 0 Å². The molecule has 0 spiro atoms. The van der Waals surface area contributed by atoms with Gasteiger partial charge in [0.05, 0.1) is 0 Å². The monoisotopic (exact) mass is 283 g/mol. The third-order valence-corrected chi connectivity index (χ3v) is 3.41. The van der Waals surface area contributed by atoms with E-state index in [1.165, 1.54) is 19.3 Å². The number of allylic oxidation sites excluding steroid dienone is 2. The Bertz CT molecular complexity index is 345. The van der Waals surface area contributed by atoms with E-state index < -0.39 is 0 Å². The Morgan fingerprint density at radius 1 is 1.38 bits per heavy atom. The molecule has 1 aliphatic carbocycles. The van der Waals surface area contributed by atoms with E-state index in [1.807, 2.05) is 12.1 Å². The predicted molar refractivity (Wildman–Crippen MR) is 69.5 cm³/mol. The van der Waals surface area contributed by atoms with Gasteiger partial charge in [-0.05, 0) is 59.8 Å². The summed E-state index contributed by atoms with van der Waals surface area (Å²) in [5.74, 6) is 1.87. The van der Waals surface area contributed by atoms with Crippen molar-refractivity contribution in [2.24, 2.45) is 5.92 Å². The van der Waals surface area contributed by atoms with Crippen LogP contribution in [0.25, 0.3) is 0 Å². The van der Waals surface area contributed by atoms with Crippen LogP contribution in [0, 0.1) is 5.92 Å². The quantitative estimate of drug-likeness (QED) is 0.661. The van der Waals surface area contributed by atoms with Crippen molar-refractivity contribution in [3.8, 4) is 0 Å². The molecule has 88 valence electrons. The Morgan fingerprint density at radius 2 is 2.31 bits per heavy atom. The molecule has 1 aromatic rings. The fourth-order valence-corrected chi connectivity index (χ4v) is 2.39. The van der Waals surface area contributed by atoms with Gasteiger partial charge in [0.15, 0.2) is 4.67 Å². The number of hydrogen-bond acceptors (Lipinski definition) is 2. The molecule has 3 heteroatoms. The summed E-state index contributed by atoms with van der Waals surface area (Å²) >= 11 is 3.31. The molecule has 2 rings (SSSR count). The molecule has 0 aromatic carbocycles. The molecule has 16 heavy (non-hydrogen) atoms. The maximum absolute atomic E-state index is 5.44. The summed E-state index contributed by atoms with van der Waals surface area (Å²) in [6, 6.07) is 3.97. The lowest BCUT2D eigenvalue weighted by molar-refractivity contribution is 0.430. The first-order chi connectivity index (χ1) is 7.84. The molecule has 1 aliphatic rings. The second kappa shape index (κ2) is 6.26. The third kappa shape index (κ3) is 3.80. The summed E-state index contributed by atoms with van der Waals surface area (Å²) in [5, 5.41) is 3.50. The minimum Gasteiger partial charge on any atom is -0.454 e. The molecule has 1 heterocycles. The number of hydrogen-bond donors (Lipinski definition) is 1. The van der Waals surface area contributed by atoms with Crippen LogP contribution in [0.1, 0.15) is 25.0 Å². The molecular weight excluding hydrogens is 266 g/mol. The van der Waals surface area contributed by atoms with Crippen LogP contribution in [-0.2, 0) is 6.42 Å². The van der Waals surface area contributed by atoms with Gasteiger partial charge in [0.25, 0.3) is 0 Å². The van der Waals surface area contributed by atoms with Gasteiger partial charge in [-0.25, -0.2) is 0 Å². The van der Waals surface area contributed by atoms with Crippen molar-refractivity contribution in [3.05, 3.63) is 34.7 Å². The number of nitrogens with one attached hydrogen (secondary N) is 1. The number of rotatable bonds is 5. The Morgan fingerprint density at radius 3 is 3.00 bits per heavy atom. The molecule has 0 fully saturated rings. The molecule has 0 aliphatic heterocycles. The van der Waals surface area contributed by atoms with E-state index in [0.717, 1.165) is 35.9 Å². The third-order valence-electron chi connectivity index (χ3n) is 2.99. The molecule has 1 N–H and O–H groups in total. The van der Waals surface area contributed by atoms with E-state index in [9.17, 15) is 0 Å². The summed E-state index contributed by atoms with van der Waals surface area (Å²) in [5.41, 5.74) is 0. The van der Waals surface area contributed by atoms with E-state index in [1.54, 1.807) is 0 Å².